The van der Waals surface area contributed by atoms with Crippen LogP contribution in [0.3, 0.4) is 0 Å². The fourth-order valence-corrected chi connectivity index (χ4v) is 1.26. The van der Waals surface area contributed by atoms with Gasteiger partial charge < -0.3 is 5.32 Å². The molecule has 0 aliphatic carbocycles. The van der Waals surface area contributed by atoms with Gasteiger partial charge in [-0.25, -0.2) is 0 Å². The summed E-state index contributed by atoms with van der Waals surface area (Å²) in [6.45, 7) is 7.43. The zero-order chi connectivity index (χ0) is 11.1. The van der Waals surface area contributed by atoms with Gasteiger partial charge in [0.1, 0.15) is 0 Å². The molecule has 1 aromatic rings. The van der Waals surface area contributed by atoms with Crippen LogP contribution in [0.1, 0.15) is 31.5 Å². The van der Waals surface area contributed by atoms with Gasteiger partial charge in [-0.2, -0.15) is 0 Å². The first-order chi connectivity index (χ1) is 7.22. The predicted octanol–water partition coefficient (Wildman–Crippen LogP) is 2.79. The Labute approximate surface area is 92.4 Å². The highest BCUT2D eigenvalue weighted by atomic mass is 14.9. The van der Waals surface area contributed by atoms with Crippen LogP contribution >= 0.6 is 0 Å². The average molecular weight is 204 g/mol. The lowest BCUT2D eigenvalue weighted by Gasteiger charge is -2.07. The first-order valence-electron chi connectivity index (χ1n) is 5.56. The third-order valence-corrected chi connectivity index (χ3v) is 2.21. The molecule has 0 saturated carbocycles. The van der Waals surface area contributed by atoms with Gasteiger partial charge in [-0.1, -0.05) is 19.1 Å². The van der Waals surface area contributed by atoms with Crippen LogP contribution in [0.4, 0.5) is 0 Å². The fraction of sp³-hybridized carbons (Fsp3) is 0.462. The standard InChI is InChI=1S/C13H20N2/c1-4-9-14-12(3)6-8-13-7-5-11(2)10-15-13/h5-8,10,12,14H,4,9H2,1-3H3/b8-6+. The number of hydrogen-bond donors (Lipinski definition) is 1. The van der Waals surface area contributed by atoms with Crippen LogP contribution in [-0.4, -0.2) is 17.6 Å². The number of aromatic nitrogens is 1. The SMILES string of the molecule is CCCNC(C)/C=C/c1ccc(C)cn1. The summed E-state index contributed by atoms with van der Waals surface area (Å²) >= 11 is 0. The number of nitrogens with zero attached hydrogens (tertiary/aromatic N) is 1. The molecular weight excluding hydrogens is 184 g/mol. The second kappa shape index (κ2) is 6.36. The quantitative estimate of drug-likeness (QED) is 0.797. The lowest BCUT2D eigenvalue weighted by atomic mass is 10.2. The maximum absolute atomic E-state index is 4.32. The van der Waals surface area contributed by atoms with Crippen LogP contribution in [-0.2, 0) is 0 Å². The van der Waals surface area contributed by atoms with Gasteiger partial charge in [0, 0.05) is 12.2 Å². The molecule has 82 valence electrons. The van der Waals surface area contributed by atoms with Crippen molar-refractivity contribution in [3.8, 4) is 0 Å². The van der Waals surface area contributed by atoms with Gasteiger partial charge in [0.2, 0.25) is 0 Å². The summed E-state index contributed by atoms with van der Waals surface area (Å²) in [6, 6.07) is 4.53. The first-order valence-corrected chi connectivity index (χ1v) is 5.56. The van der Waals surface area contributed by atoms with Crippen molar-refractivity contribution in [1.82, 2.24) is 10.3 Å². The maximum atomic E-state index is 4.32. The van der Waals surface area contributed by atoms with Crippen molar-refractivity contribution in [1.29, 1.82) is 0 Å². The molecule has 1 heterocycles. The maximum Gasteiger partial charge on any atom is 0.0627 e. The van der Waals surface area contributed by atoms with Gasteiger partial charge in [-0.15, -0.1) is 0 Å². The molecule has 15 heavy (non-hydrogen) atoms. The van der Waals surface area contributed by atoms with Gasteiger partial charge in [-0.3, -0.25) is 4.98 Å². The first kappa shape index (κ1) is 11.9. The van der Waals surface area contributed by atoms with Crippen molar-refractivity contribution in [2.24, 2.45) is 0 Å². The normalized spacial score (nSPS) is 13.3. The van der Waals surface area contributed by atoms with E-state index in [1.807, 2.05) is 19.2 Å². The largest absolute Gasteiger partial charge is 0.311 e. The molecule has 0 amide bonds. The van der Waals surface area contributed by atoms with Crippen LogP contribution in [0.25, 0.3) is 6.08 Å². The van der Waals surface area contributed by atoms with E-state index < -0.39 is 0 Å². The third kappa shape index (κ3) is 4.75. The van der Waals surface area contributed by atoms with Crippen molar-refractivity contribution in [2.75, 3.05) is 6.54 Å². The van der Waals surface area contributed by atoms with E-state index in [1.54, 1.807) is 0 Å². The number of rotatable bonds is 5. The van der Waals surface area contributed by atoms with Crippen LogP contribution in [0.2, 0.25) is 0 Å². The van der Waals surface area contributed by atoms with E-state index in [9.17, 15) is 0 Å². The molecule has 1 N–H and O–H groups in total. The minimum Gasteiger partial charge on any atom is -0.311 e. The second-order valence-corrected chi connectivity index (χ2v) is 3.86. The Bertz CT molecular complexity index is 301. The average Bonchev–Trinajstić information content (AvgIpc) is 2.25. The molecule has 0 spiro atoms. The topological polar surface area (TPSA) is 24.9 Å². The van der Waals surface area contributed by atoms with Crippen LogP contribution in [0, 0.1) is 6.92 Å². The van der Waals surface area contributed by atoms with Crippen molar-refractivity contribution >= 4 is 6.08 Å². The van der Waals surface area contributed by atoms with Gasteiger partial charge in [0.15, 0.2) is 0 Å². The van der Waals surface area contributed by atoms with E-state index >= 15 is 0 Å². The molecule has 1 rings (SSSR count). The Morgan fingerprint density at radius 2 is 2.27 bits per heavy atom. The van der Waals surface area contributed by atoms with Gasteiger partial charge >= 0.3 is 0 Å². The minimum absolute atomic E-state index is 0.410. The molecule has 0 aromatic carbocycles. The van der Waals surface area contributed by atoms with E-state index in [4.69, 9.17) is 0 Å². The van der Waals surface area contributed by atoms with E-state index in [-0.39, 0.29) is 0 Å². The van der Waals surface area contributed by atoms with Crippen molar-refractivity contribution in [2.45, 2.75) is 33.2 Å². The lowest BCUT2D eigenvalue weighted by Crippen LogP contribution is -2.24. The van der Waals surface area contributed by atoms with Crippen LogP contribution in [0.5, 0.6) is 0 Å². The number of nitrogens with one attached hydrogen (secondary N) is 1. The smallest absolute Gasteiger partial charge is 0.0627 e. The summed E-state index contributed by atoms with van der Waals surface area (Å²) in [4.78, 5) is 4.32. The molecule has 0 saturated heterocycles. The van der Waals surface area contributed by atoms with E-state index in [1.165, 1.54) is 12.0 Å². The summed E-state index contributed by atoms with van der Waals surface area (Å²) in [5.74, 6) is 0. The van der Waals surface area contributed by atoms with Gasteiger partial charge in [0.05, 0.1) is 5.69 Å². The molecule has 2 heteroatoms. The molecule has 0 radical (unpaired) electrons. The second-order valence-electron chi connectivity index (χ2n) is 3.86. The highest BCUT2D eigenvalue weighted by molar-refractivity contribution is 5.45. The molecular formula is C13H20N2. The Kier molecular flexibility index (Phi) is 5.05. The fourth-order valence-electron chi connectivity index (χ4n) is 1.26. The molecule has 1 unspecified atom stereocenters. The van der Waals surface area contributed by atoms with Gasteiger partial charge in [0.25, 0.3) is 0 Å². The van der Waals surface area contributed by atoms with Crippen LogP contribution < -0.4 is 5.32 Å². The molecule has 1 aromatic heterocycles. The Hall–Kier alpha value is -1.15. The van der Waals surface area contributed by atoms with E-state index in [0.717, 1.165) is 12.2 Å². The zero-order valence-electron chi connectivity index (χ0n) is 9.83. The molecule has 0 aliphatic rings. The lowest BCUT2D eigenvalue weighted by molar-refractivity contribution is 0.625. The Morgan fingerprint density at radius 3 is 2.87 bits per heavy atom. The molecule has 1 atom stereocenters. The van der Waals surface area contributed by atoms with Crippen molar-refractivity contribution < 1.29 is 0 Å². The zero-order valence-corrected chi connectivity index (χ0v) is 9.83. The highest BCUT2D eigenvalue weighted by Gasteiger charge is 1.94. The number of pyridine rings is 1. The third-order valence-electron chi connectivity index (χ3n) is 2.21. The Balaban J connectivity index is 2.46. The van der Waals surface area contributed by atoms with Gasteiger partial charge in [-0.05, 0) is 44.5 Å². The monoisotopic (exact) mass is 204 g/mol. The summed E-state index contributed by atoms with van der Waals surface area (Å²) in [7, 11) is 0. The van der Waals surface area contributed by atoms with Crippen molar-refractivity contribution in [3.05, 3.63) is 35.7 Å². The number of hydrogen-bond acceptors (Lipinski definition) is 2. The molecule has 0 aliphatic heterocycles. The summed E-state index contributed by atoms with van der Waals surface area (Å²) in [5, 5.41) is 3.40. The summed E-state index contributed by atoms with van der Waals surface area (Å²) in [6.07, 6.45) is 7.27. The number of aryl methyl sites for hydroxylation is 1. The molecule has 0 bridgehead atoms. The van der Waals surface area contributed by atoms with Crippen molar-refractivity contribution in [3.63, 3.8) is 0 Å². The summed E-state index contributed by atoms with van der Waals surface area (Å²) < 4.78 is 0. The molecule has 0 fully saturated rings. The highest BCUT2D eigenvalue weighted by Crippen LogP contribution is 2.01. The Morgan fingerprint density at radius 1 is 1.47 bits per heavy atom. The molecule has 2 nitrogen and oxygen atoms in total. The summed E-state index contributed by atoms with van der Waals surface area (Å²) in [5.41, 5.74) is 2.22. The van der Waals surface area contributed by atoms with E-state index in [2.05, 4.69) is 42.4 Å². The minimum atomic E-state index is 0.410. The van der Waals surface area contributed by atoms with E-state index in [0.29, 0.717) is 6.04 Å². The van der Waals surface area contributed by atoms with Crippen LogP contribution in [0.15, 0.2) is 24.4 Å². The predicted molar refractivity (Wildman–Crippen MR) is 65.8 cm³/mol.